The molecule has 0 fully saturated rings. The monoisotopic (exact) mass is 322 g/mol. The second kappa shape index (κ2) is 6.87. The lowest BCUT2D eigenvalue weighted by atomic mass is 10.1. The Bertz CT molecular complexity index is 880. The molecule has 0 N–H and O–H groups in total. The van der Waals surface area contributed by atoms with Crippen LogP contribution in [0.1, 0.15) is 42.4 Å². The van der Waals surface area contributed by atoms with Crippen molar-refractivity contribution in [3.05, 3.63) is 59.3 Å². The van der Waals surface area contributed by atoms with Crippen molar-refractivity contribution in [1.82, 2.24) is 9.78 Å². The van der Waals surface area contributed by atoms with Gasteiger partial charge in [0.15, 0.2) is 5.69 Å². The van der Waals surface area contributed by atoms with Gasteiger partial charge < -0.3 is 4.74 Å². The zero-order chi connectivity index (χ0) is 17.1. The van der Waals surface area contributed by atoms with E-state index in [4.69, 9.17) is 9.84 Å². The van der Waals surface area contributed by atoms with Gasteiger partial charge in [-0.2, -0.15) is 5.10 Å². The molecule has 4 nitrogen and oxygen atoms in total. The first-order valence-electron chi connectivity index (χ1n) is 8.47. The van der Waals surface area contributed by atoms with Gasteiger partial charge in [-0.1, -0.05) is 50.2 Å². The molecule has 0 unspecified atom stereocenters. The first-order chi connectivity index (χ1) is 11.7. The van der Waals surface area contributed by atoms with Gasteiger partial charge >= 0.3 is 5.97 Å². The van der Waals surface area contributed by atoms with Crippen molar-refractivity contribution in [2.75, 3.05) is 6.61 Å². The van der Waals surface area contributed by atoms with Gasteiger partial charge in [0.2, 0.25) is 0 Å². The van der Waals surface area contributed by atoms with E-state index < -0.39 is 0 Å². The fourth-order valence-electron chi connectivity index (χ4n) is 3.04. The number of carbonyl (C=O) groups excluding carboxylic acids is 1. The largest absolute Gasteiger partial charge is 0.461 e. The van der Waals surface area contributed by atoms with Crippen LogP contribution < -0.4 is 0 Å². The molecular formula is C20H22N2O2. The Balaban J connectivity index is 2.34. The number of benzene rings is 2. The fourth-order valence-corrected chi connectivity index (χ4v) is 3.04. The van der Waals surface area contributed by atoms with E-state index in [1.807, 2.05) is 37.3 Å². The Labute approximate surface area is 142 Å². The first kappa shape index (κ1) is 16.2. The van der Waals surface area contributed by atoms with Crippen molar-refractivity contribution < 1.29 is 9.53 Å². The maximum atomic E-state index is 12.6. The minimum Gasteiger partial charge on any atom is -0.461 e. The molecule has 0 aliphatic carbocycles. The predicted octanol–water partition coefficient (Wildman–Crippen LogP) is 4.33. The van der Waals surface area contributed by atoms with Gasteiger partial charge in [0.25, 0.3) is 0 Å². The number of nitrogens with zero attached hydrogens (tertiary/aromatic N) is 2. The molecular weight excluding hydrogens is 300 g/mol. The highest BCUT2D eigenvalue weighted by Gasteiger charge is 2.22. The number of esters is 1. The lowest BCUT2D eigenvalue weighted by Gasteiger charge is -2.11. The first-order valence-corrected chi connectivity index (χ1v) is 8.47. The second-order valence-corrected chi connectivity index (χ2v) is 5.63. The Morgan fingerprint density at radius 2 is 1.71 bits per heavy atom. The SMILES string of the molecule is CCOC(=O)c1c2cccc(CC)c2nn1-c1ccccc1CC. The summed E-state index contributed by atoms with van der Waals surface area (Å²) in [6.07, 6.45) is 1.74. The number of ether oxygens (including phenoxy) is 1. The van der Waals surface area contributed by atoms with E-state index in [-0.39, 0.29) is 5.97 Å². The van der Waals surface area contributed by atoms with E-state index in [1.54, 1.807) is 4.68 Å². The Morgan fingerprint density at radius 1 is 1.00 bits per heavy atom. The van der Waals surface area contributed by atoms with Crippen LogP contribution in [0.4, 0.5) is 0 Å². The summed E-state index contributed by atoms with van der Waals surface area (Å²) in [4.78, 5) is 12.6. The Hall–Kier alpha value is -2.62. The zero-order valence-corrected chi connectivity index (χ0v) is 14.4. The quantitative estimate of drug-likeness (QED) is 0.657. The minimum absolute atomic E-state index is 0.334. The van der Waals surface area contributed by atoms with E-state index in [2.05, 4.69) is 26.0 Å². The van der Waals surface area contributed by atoms with Gasteiger partial charge in [-0.15, -0.1) is 0 Å². The Kier molecular flexibility index (Phi) is 4.65. The molecule has 124 valence electrons. The maximum Gasteiger partial charge on any atom is 0.357 e. The predicted molar refractivity (Wildman–Crippen MR) is 95.8 cm³/mol. The van der Waals surface area contributed by atoms with E-state index in [0.29, 0.717) is 12.3 Å². The number of carbonyl (C=O) groups is 1. The summed E-state index contributed by atoms with van der Waals surface area (Å²) in [6, 6.07) is 14.0. The average molecular weight is 322 g/mol. The summed E-state index contributed by atoms with van der Waals surface area (Å²) in [5.41, 5.74) is 4.58. The highest BCUT2D eigenvalue weighted by molar-refractivity contribution is 6.03. The minimum atomic E-state index is -0.334. The van der Waals surface area contributed by atoms with Crippen LogP contribution in [0.5, 0.6) is 0 Å². The van der Waals surface area contributed by atoms with Crippen molar-refractivity contribution in [2.45, 2.75) is 33.6 Å². The summed E-state index contributed by atoms with van der Waals surface area (Å²) in [5.74, 6) is -0.334. The highest BCUT2D eigenvalue weighted by Crippen LogP contribution is 2.27. The highest BCUT2D eigenvalue weighted by atomic mass is 16.5. The molecule has 24 heavy (non-hydrogen) atoms. The molecule has 0 aliphatic heterocycles. The molecule has 4 heteroatoms. The molecule has 0 atom stereocenters. The topological polar surface area (TPSA) is 44.1 Å². The standard InChI is InChI=1S/C20H22N2O2/c1-4-14-10-7-8-13-17(14)22-19(20(23)24-6-3)16-12-9-11-15(5-2)18(16)21-22/h7-13H,4-6H2,1-3H3. The van der Waals surface area contributed by atoms with Crippen LogP contribution in [-0.4, -0.2) is 22.4 Å². The molecule has 1 aromatic heterocycles. The van der Waals surface area contributed by atoms with E-state index in [1.165, 1.54) is 0 Å². The van der Waals surface area contributed by atoms with Crippen molar-refractivity contribution in [1.29, 1.82) is 0 Å². The lowest BCUT2D eigenvalue weighted by molar-refractivity contribution is 0.0518. The second-order valence-electron chi connectivity index (χ2n) is 5.63. The molecule has 0 saturated carbocycles. The molecule has 3 aromatic rings. The smallest absolute Gasteiger partial charge is 0.357 e. The van der Waals surface area contributed by atoms with Gasteiger partial charge in [-0.25, -0.2) is 9.48 Å². The molecule has 0 amide bonds. The van der Waals surface area contributed by atoms with Crippen LogP contribution in [0.3, 0.4) is 0 Å². The molecule has 0 saturated heterocycles. The van der Waals surface area contributed by atoms with E-state index in [9.17, 15) is 4.79 Å². The number of aryl methyl sites for hydroxylation is 2. The van der Waals surface area contributed by atoms with Crippen molar-refractivity contribution in [3.8, 4) is 5.69 Å². The zero-order valence-electron chi connectivity index (χ0n) is 14.4. The molecule has 0 bridgehead atoms. The number of hydrogen-bond donors (Lipinski definition) is 0. The van der Waals surface area contributed by atoms with Gasteiger partial charge in [0, 0.05) is 5.39 Å². The molecule has 1 heterocycles. The number of hydrogen-bond acceptors (Lipinski definition) is 3. The third-order valence-electron chi connectivity index (χ3n) is 4.24. The molecule has 0 spiro atoms. The van der Waals surface area contributed by atoms with Crippen molar-refractivity contribution in [2.24, 2.45) is 0 Å². The molecule has 0 aliphatic rings. The van der Waals surface area contributed by atoms with Crippen LogP contribution in [0.2, 0.25) is 0 Å². The van der Waals surface area contributed by atoms with Crippen molar-refractivity contribution >= 4 is 16.9 Å². The third kappa shape index (κ3) is 2.68. The van der Waals surface area contributed by atoms with E-state index in [0.717, 1.165) is 40.6 Å². The summed E-state index contributed by atoms with van der Waals surface area (Å²) in [6.45, 7) is 6.36. The third-order valence-corrected chi connectivity index (χ3v) is 4.24. The normalized spacial score (nSPS) is 11.0. The van der Waals surface area contributed by atoms with Crippen molar-refractivity contribution in [3.63, 3.8) is 0 Å². The lowest BCUT2D eigenvalue weighted by Crippen LogP contribution is -2.13. The summed E-state index contributed by atoms with van der Waals surface area (Å²) in [7, 11) is 0. The molecule has 0 radical (unpaired) electrons. The molecule has 3 rings (SSSR count). The summed E-state index contributed by atoms with van der Waals surface area (Å²) >= 11 is 0. The summed E-state index contributed by atoms with van der Waals surface area (Å²) in [5, 5.41) is 5.63. The van der Waals surface area contributed by atoms with Gasteiger partial charge in [0.1, 0.15) is 0 Å². The van der Waals surface area contributed by atoms with Crippen LogP contribution in [0, 0.1) is 0 Å². The Morgan fingerprint density at radius 3 is 2.42 bits per heavy atom. The van der Waals surface area contributed by atoms with E-state index >= 15 is 0 Å². The average Bonchev–Trinajstić information content (AvgIpc) is 3.01. The van der Waals surface area contributed by atoms with Crippen LogP contribution in [0.25, 0.3) is 16.6 Å². The fraction of sp³-hybridized carbons (Fsp3) is 0.300. The number of aromatic nitrogens is 2. The summed E-state index contributed by atoms with van der Waals surface area (Å²) < 4.78 is 7.05. The number of fused-ring (bicyclic) bond motifs is 1. The van der Waals surface area contributed by atoms with Crippen LogP contribution in [0.15, 0.2) is 42.5 Å². The number of para-hydroxylation sites is 1. The molecule has 2 aromatic carbocycles. The number of rotatable bonds is 5. The maximum absolute atomic E-state index is 12.6. The van der Waals surface area contributed by atoms with Gasteiger partial charge in [-0.05, 0) is 37.0 Å². The van der Waals surface area contributed by atoms with Gasteiger partial charge in [-0.3, -0.25) is 0 Å². The van der Waals surface area contributed by atoms with Gasteiger partial charge in [0.05, 0.1) is 17.8 Å². The van der Waals surface area contributed by atoms with Crippen LogP contribution in [-0.2, 0) is 17.6 Å². The van der Waals surface area contributed by atoms with Crippen LogP contribution >= 0.6 is 0 Å².